The molecular formula is C19H29N5O6. The lowest BCUT2D eigenvalue weighted by Gasteiger charge is -2.36. The third kappa shape index (κ3) is 4.46. The molecule has 2 aliphatic rings. The Labute approximate surface area is 174 Å². The van der Waals surface area contributed by atoms with Gasteiger partial charge in [0, 0.05) is 13.1 Å². The number of aromatic nitrogens is 2. The second-order valence-corrected chi connectivity index (χ2v) is 8.83. The summed E-state index contributed by atoms with van der Waals surface area (Å²) in [6.45, 7) is 7.36. The zero-order valence-corrected chi connectivity index (χ0v) is 17.8. The molecule has 0 aliphatic carbocycles. The second-order valence-electron chi connectivity index (χ2n) is 8.83. The van der Waals surface area contributed by atoms with Gasteiger partial charge in [-0.3, -0.25) is 19.4 Å². The van der Waals surface area contributed by atoms with Gasteiger partial charge in [-0.1, -0.05) is 0 Å². The largest absolute Gasteiger partial charge is 0.444 e. The summed E-state index contributed by atoms with van der Waals surface area (Å²) in [6.07, 6.45) is 0.748. The number of ketones is 1. The molecule has 30 heavy (non-hydrogen) atoms. The molecule has 166 valence electrons. The Morgan fingerprint density at radius 2 is 2.17 bits per heavy atom. The van der Waals surface area contributed by atoms with E-state index in [4.69, 9.17) is 9.15 Å². The fourth-order valence-corrected chi connectivity index (χ4v) is 4.15. The van der Waals surface area contributed by atoms with Crippen LogP contribution in [-0.2, 0) is 20.9 Å². The molecule has 11 nitrogen and oxygen atoms in total. The fourth-order valence-electron chi connectivity index (χ4n) is 4.15. The van der Waals surface area contributed by atoms with Gasteiger partial charge in [0.15, 0.2) is 5.78 Å². The topological polar surface area (TPSA) is 138 Å². The van der Waals surface area contributed by atoms with E-state index < -0.39 is 35.3 Å². The summed E-state index contributed by atoms with van der Waals surface area (Å²) >= 11 is 0. The van der Waals surface area contributed by atoms with Crippen LogP contribution in [0.3, 0.4) is 0 Å². The van der Waals surface area contributed by atoms with Crippen molar-refractivity contribution in [2.45, 2.75) is 70.4 Å². The number of hydrogen-bond acceptors (Lipinski definition) is 9. The highest BCUT2D eigenvalue weighted by Crippen LogP contribution is 2.37. The van der Waals surface area contributed by atoms with Crippen molar-refractivity contribution in [1.29, 1.82) is 0 Å². The number of carbonyl (C=O) groups is 3. The molecule has 2 saturated heterocycles. The molecule has 3 rings (SSSR count). The lowest BCUT2D eigenvalue weighted by Crippen LogP contribution is -2.56. The molecule has 3 atom stereocenters. The maximum atomic E-state index is 13.0. The average Bonchev–Trinajstić information content (AvgIpc) is 3.34. The van der Waals surface area contributed by atoms with Crippen LogP contribution in [0.5, 0.6) is 0 Å². The maximum absolute atomic E-state index is 13.0. The fraction of sp³-hybridized carbons (Fsp3) is 0.737. The Morgan fingerprint density at radius 1 is 1.43 bits per heavy atom. The predicted molar refractivity (Wildman–Crippen MR) is 103 cm³/mol. The Bertz CT molecular complexity index is 790. The van der Waals surface area contributed by atoms with E-state index in [1.54, 1.807) is 25.7 Å². The van der Waals surface area contributed by atoms with Crippen molar-refractivity contribution in [1.82, 2.24) is 25.3 Å². The molecule has 1 aromatic rings. The minimum Gasteiger partial charge on any atom is -0.444 e. The molecule has 1 spiro atoms. The normalized spacial score (nSPS) is 24.3. The summed E-state index contributed by atoms with van der Waals surface area (Å²) in [4.78, 5) is 41.6. The van der Waals surface area contributed by atoms with Crippen LogP contribution >= 0.6 is 0 Å². The zero-order chi connectivity index (χ0) is 22.1. The van der Waals surface area contributed by atoms with Gasteiger partial charge in [0.2, 0.25) is 18.2 Å². The van der Waals surface area contributed by atoms with Gasteiger partial charge in [0.05, 0.1) is 19.2 Å². The van der Waals surface area contributed by atoms with E-state index in [9.17, 15) is 19.5 Å². The minimum absolute atomic E-state index is 0.0129. The molecule has 0 radical (unpaired) electrons. The standard InChI is InChI=1S/C19H29N5O6/c1-12(25)15(16(27)20-8-14-22-21-11-29-14)23-9-13(26)19(10-23)6-5-7-24(19)17(28)30-18(2,3)4/h11-12,15,25H,5-10H2,1-4H3,(H,20,27)/t12-,15+,19?/m1/s1. The van der Waals surface area contributed by atoms with Crippen LogP contribution in [0.4, 0.5) is 4.79 Å². The monoisotopic (exact) mass is 423 g/mol. The molecule has 11 heteroatoms. The van der Waals surface area contributed by atoms with Crippen LogP contribution < -0.4 is 5.32 Å². The van der Waals surface area contributed by atoms with Crippen LogP contribution in [0.15, 0.2) is 10.8 Å². The van der Waals surface area contributed by atoms with E-state index in [1.807, 2.05) is 0 Å². The number of likely N-dealkylation sites (tertiary alicyclic amines) is 2. The van der Waals surface area contributed by atoms with Gasteiger partial charge < -0.3 is 19.6 Å². The van der Waals surface area contributed by atoms with E-state index in [1.165, 1.54) is 11.8 Å². The molecule has 0 bridgehead atoms. The Kier molecular flexibility index (Phi) is 6.14. The summed E-state index contributed by atoms with van der Waals surface area (Å²) in [7, 11) is 0. The first-order chi connectivity index (χ1) is 14.0. The summed E-state index contributed by atoms with van der Waals surface area (Å²) in [5.74, 6) is -0.385. The quantitative estimate of drug-likeness (QED) is 0.674. The molecular weight excluding hydrogens is 394 g/mol. The molecule has 3 heterocycles. The SMILES string of the molecule is C[C@@H](O)[C@@H](C(=O)NCc1nnco1)N1CC(=O)C2(CCCN2C(=O)OC(C)(C)C)C1. The summed E-state index contributed by atoms with van der Waals surface area (Å²) < 4.78 is 10.5. The summed E-state index contributed by atoms with van der Waals surface area (Å²) in [5.41, 5.74) is -1.72. The predicted octanol–water partition coefficient (Wildman–Crippen LogP) is 0.0896. The first-order valence-corrected chi connectivity index (χ1v) is 10.0. The Morgan fingerprint density at radius 3 is 2.77 bits per heavy atom. The number of hydrogen-bond donors (Lipinski definition) is 2. The van der Waals surface area contributed by atoms with Gasteiger partial charge >= 0.3 is 6.09 Å². The van der Waals surface area contributed by atoms with Gasteiger partial charge in [0.1, 0.15) is 17.2 Å². The molecule has 2 aliphatic heterocycles. The lowest BCUT2D eigenvalue weighted by molar-refractivity contribution is -0.130. The van der Waals surface area contributed by atoms with Crippen LogP contribution in [0.25, 0.3) is 0 Å². The number of rotatable bonds is 5. The number of amides is 2. The molecule has 0 aromatic carbocycles. The molecule has 1 unspecified atom stereocenters. The van der Waals surface area contributed by atoms with Gasteiger partial charge in [-0.15, -0.1) is 10.2 Å². The highest BCUT2D eigenvalue weighted by Gasteiger charge is 2.57. The van der Waals surface area contributed by atoms with E-state index in [-0.39, 0.29) is 31.3 Å². The van der Waals surface area contributed by atoms with Crippen LogP contribution in [0.2, 0.25) is 0 Å². The van der Waals surface area contributed by atoms with E-state index in [2.05, 4.69) is 15.5 Å². The van der Waals surface area contributed by atoms with Crippen LogP contribution in [0.1, 0.15) is 46.4 Å². The molecule has 2 fully saturated rings. The lowest BCUT2D eigenvalue weighted by atomic mass is 9.94. The first-order valence-electron chi connectivity index (χ1n) is 10.0. The number of ether oxygens (including phenoxy) is 1. The number of nitrogens with zero attached hydrogens (tertiary/aromatic N) is 4. The van der Waals surface area contributed by atoms with Gasteiger partial charge in [-0.25, -0.2) is 4.79 Å². The van der Waals surface area contributed by atoms with Crippen molar-refractivity contribution < 1.29 is 28.6 Å². The molecule has 1 aromatic heterocycles. The van der Waals surface area contributed by atoms with Gasteiger partial charge in [-0.2, -0.15) is 0 Å². The third-order valence-corrected chi connectivity index (χ3v) is 5.37. The second kappa shape index (κ2) is 8.31. The first kappa shape index (κ1) is 22.2. The number of nitrogens with one attached hydrogen (secondary N) is 1. The molecule has 2 N–H and O–H groups in total. The highest BCUT2D eigenvalue weighted by molar-refractivity contribution is 5.97. The summed E-state index contributed by atoms with van der Waals surface area (Å²) in [5, 5.41) is 20.2. The number of aliphatic hydroxyl groups is 1. The van der Waals surface area contributed by atoms with Crippen molar-refractivity contribution in [3.05, 3.63) is 12.3 Å². The average molecular weight is 423 g/mol. The van der Waals surface area contributed by atoms with Crippen molar-refractivity contribution in [3.8, 4) is 0 Å². The summed E-state index contributed by atoms with van der Waals surface area (Å²) in [6, 6.07) is -0.961. The van der Waals surface area contributed by atoms with Crippen LogP contribution in [0, 0.1) is 0 Å². The third-order valence-electron chi connectivity index (χ3n) is 5.37. The Balaban J connectivity index is 1.74. The van der Waals surface area contributed by atoms with Crippen molar-refractivity contribution in [2.75, 3.05) is 19.6 Å². The van der Waals surface area contributed by atoms with Gasteiger partial charge in [0.25, 0.3) is 0 Å². The molecule has 2 amide bonds. The number of aliphatic hydroxyl groups excluding tert-OH is 1. The van der Waals surface area contributed by atoms with E-state index >= 15 is 0 Å². The van der Waals surface area contributed by atoms with E-state index in [0.29, 0.717) is 19.4 Å². The number of carbonyl (C=O) groups excluding carboxylic acids is 3. The minimum atomic E-state index is -1.04. The van der Waals surface area contributed by atoms with Crippen molar-refractivity contribution in [3.63, 3.8) is 0 Å². The molecule has 0 saturated carbocycles. The highest BCUT2D eigenvalue weighted by atomic mass is 16.6. The van der Waals surface area contributed by atoms with Crippen molar-refractivity contribution >= 4 is 17.8 Å². The number of Topliss-reactive ketones (excluding diaryl/α,β-unsaturated/α-hetero) is 1. The van der Waals surface area contributed by atoms with Crippen molar-refractivity contribution in [2.24, 2.45) is 0 Å². The van der Waals surface area contributed by atoms with E-state index in [0.717, 1.165) is 6.39 Å². The Hall–Kier alpha value is -2.53. The maximum Gasteiger partial charge on any atom is 0.411 e. The smallest absolute Gasteiger partial charge is 0.411 e. The zero-order valence-electron chi connectivity index (χ0n) is 17.8. The van der Waals surface area contributed by atoms with Gasteiger partial charge in [-0.05, 0) is 40.5 Å². The van der Waals surface area contributed by atoms with Crippen LogP contribution in [-0.4, -0.2) is 85.8 Å².